The normalized spacial score (nSPS) is 10.4. The van der Waals surface area contributed by atoms with Crippen LogP contribution in [0, 0.1) is 5.82 Å². The van der Waals surface area contributed by atoms with Crippen LogP contribution >= 0.6 is 0 Å². The van der Waals surface area contributed by atoms with Gasteiger partial charge < -0.3 is 9.84 Å². The minimum absolute atomic E-state index is 0.348. The van der Waals surface area contributed by atoms with Gasteiger partial charge in [-0.2, -0.15) is 4.98 Å². The average molecular weight is 234 g/mol. The molecular weight excluding hydrogens is 223 g/mol. The van der Waals surface area contributed by atoms with Gasteiger partial charge in [0.2, 0.25) is 11.7 Å². The molecule has 1 N–H and O–H groups in total. The zero-order valence-corrected chi connectivity index (χ0v) is 9.06. The Morgan fingerprint density at radius 3 is 3.06 bits per heavy atom. The van der Waals surface area contributed by atoms with Crippen molar-refractivity contribution in [3.05, 3.63) is 42.7 Å². The summed E-state index contributed by atoms with van der Waals surface area (Å²) in [5.74, 6) is 0.401. The molecule has 0 saturated heterocycles. The van der Waals surface area contributed by atoms with E-state index in [4.69, 9.17) is 4.52 Å². The molecular formula is C11H11FN4O. The number of hydrogen-bond acceptors (Lipinski definition) is 5. The van der Waals surface area contributed by atoms with Crippen molar-refractivity contribution in [3.8, 4) is 11.5 Å². The molecule has 0 radical (unpaired) electrons. The Hall–Kier alpha value is -2.08. The highest BCUT2D eigenvalue weighted by molar-refractivity contribution is 5.47. The second-order valence-electron chi connectivity index (χ2n) is 3.29. The lowest BCUT2D eigenvalue weighted by atomic mass is 10.3. The smallest absolute Gasteiger partial charge is 0.240 e. The van der Waals surface area contributed by atoms with E-state index in [1.165, 1.54) is 12.1 Å². The van der Waals surface area contributed by atoms with Gasteiger partial charge in [0.1, 0.15) is 11.5 Å². The van der Waals surface area contributed by atoms with Crippen LogP contribution in [0.5, 0.6) is 0 Å². The number of nitrogens with one attached hydrogen (secondary N) is 1. The molecule has 0 spiro atoms. The number of halogens is 1. The summed E-state index contributed by atoms with van der Waals surface area (Å²) in [7, 11) is 0. The molecule has 2 aromatic rings. The molecule has 0 unspecified atom stereocenters. The van der Waals surface area contributed by atoms with Crippen molar-refractivity contribution in [1.29, 1.82) is 0 Å². The monoisotopic (exact) mass is 234 g/mol. The van der Waals surface area contributed by atoms with Crippen LogP contribution in [0.1, 0.15) is 5.89 Å². The van der Waals surface area contributed by atoms with Crippen molar-refractivity contribution in [3.63, 3.8) is 0 Å². The molecule has 17 heavy (non-hydrogen) atoms. The van der Waals surface area contributed by atoms with Crippen LogP contribution < -0.4 is 5.32 Å². The molecule has 0 amide bonds. The fraction of sp³-hybridized carbons (Fsp3) is 0.182. The summed E-state index contributed by atoms with van der Waals surface area (Å²) in [5, 5.41) is 6.79. The molecule has 2 rings (SSSR count). The molecule has 0 aliphatic heterocycles. The first-order valence-corrected chi connectivity index (χ1v) is 5.05. The second-order valence-corrected chi connectivity index (χ2v) is 3.29. The minimum atomic E-state index is -0.398. The Labute approximate surface area is 97.4 Å². The number of pyridine rings is 1. The lowest BCUT2D eigenvalue weighted by Crippen LogP contribution is -2.12. The Kier molecular flexibility index (Phi) is 3.56. The first-order chi connectivity index (χ1) is 8.29. The average Bonchev–Trinajstić information content (AvgIpc) is 2.79. The molecule has 0 aliphatic rings. The van der Waals surface area contributed by atoms with Crippen LogP contribution in [0.4, 0.5) is 4.39 Å². The largest absolute Gasteiger partial charge is 0.337 e. The van der Waals surface area contributed by atoms with Gasteiger partial charge in [0, 0.05) is 6.54 Å². The third-order valence-corrected chi connectivity index (χ3v) is 1.99. The van der Waals surface area contributed by atoms with Crippen molar-refractivity contribution < 1.29 is 8.91 Å². The summed E-state index contributed by atoms with van der Waals surface area (Å²) >= 11 is 0. The number of hydrogen-bond donors (Lipinski definition) is 1. The van der Waals surface area contributed by atoms with E-state index in [-0.39, 0.29) is 0 Å². The maximum atomic E-state index is 12.7. The molecule has 0 atom stereocenters. The highest BCUT2D eigenvalue weighted by Crippen LogP contribution is 2.12. The van der Waals surface area contributed by atoms with E-state index >= 15 is 0 Å². The zero-order valence-electron chi connectivity index (χ0n) is 9.06. The molecule has 0 saturated carbocycles. The van der Waals surface area contributed by atoms with Crippen LogP contribution in [0.2, 0.25) is 0 Å². The fourth-order valence-corrected chi connectivity index (χ4v) is 1.22. The standard InChI is InChI=1S/C11H11FN4O/c1-2-5-13-7-10-15-11(16-17-10)9-4-3-8(12)6-14-9/h2-4,6,13H,1,5,7H2. The van der Waals surface area contributed by atoms with E-state index in [0.29, 0.717) is 30.5 Å². The quantitative estimate of drug-likeness (QED) is 0.628. The van der Waals surface area contributed by atoms with E-state index in [1.54, 1.807) is 6.08 Å². The van der Waals surface area contributed by atoms with Gasteiger partial charge in [-0.15, -0.1) is 6.58 Å². The molecule has 0 bridgehead atoms. The van der Waals surface area contributed by atoms with Gasteiger partial charge in [0.15, 0.2) is 0 Å². The van der Waals surface area contributed by atoms with Crippen molar-refractivity contribution in [2.75, 3.05) is 6.54 Å². The Balaban J connectivity index is 2.07. The Morgan fingerprint density at radius 2 is 2.35 bits per heavy atom. The number of aromatic nitrogens is 3. The van der Waals surface area contributed by atoms with Crippen molar-refractivity contribution in [2.24, 2.45) is 0 Å². The van der Waals surface area contributed by atoms with E-state index in [1.807, 2.05) is 0 Å². The van der Waals surface area contributed by atoms with E-state index in [9.17, 15) is 4.39 Å². The lowest BCUT2D eigenvalue weighted by molar-refractivity contribution is 0.370. The van der Waals surface area contributed by atoms with Gasteiger partial charge in [-0.3, -0.25) is 0 Å². The van der Waals surface area contributed by atoms with Crippen LogP contribution in [-0.4, -0.2) is 21.7 Å². The van der Waals surface area contributed by atoms with Crippen LogP contribution in [0.25, 0.3) is 11.5 Å². The fourth-order valence-electron chi connectivity index (χ4n) is 1.22. The maximum absolute atomic E-state index is 12.7. The van der Waals surface area contributed by atoms with Gasteiger partial charge in [-0.25, -0.2) is 9.37 Å². The highest BCUT2D eigenvalue weighted by atomic mass is 19.1. The van der Waals surface area contributed by atoms with E-state index in [0.717, 1.165) is 6.20 Å². The number of nitrogens with zero attached hydrogens (tertiary/aromatic N) is 3. The summed E-state index contributed by atoms with van der Waals surface area (Å²) < 4.78 is 17.7. The summed E-state index contributed by atoms with van der Waals surface area (Å²) in [6.07, 6.45) is 2.85. The zero-order chi connectivity index (χ0) is 12.1. The maximum Gasteiger partial charge on any atom is 0.240 e. The van der Waals surface area contributed by atoms with Crippen molar-refractivity contribution in [1.82, 2.24) is 20.4 Å². The Morgan fingerprint density at radius 1 is 1.47 bits per heavy atom. The van der Waals surface area contributed by atoms with E-state index < -0.39 is 5.82 Å². The first kappa shape index (κ1) is 11.4. The topological polar surface area (TPSA) is 63.8 Å². The summed E-state index contributed by atoms with van der Waals surface area (Å²) in [5.41, 5.74) is 0.477. The van der Waals surface area contributed by atoms with Crippen LogP contribution in [0.15, 0.2) is 35.5 Å². The molecule has 6 heteroatoms. The minimum Gasteiger partial charge on any atom is -0.337 e. The van der Waals surface area contributed by atoms with Gasteiger partial charge in [0.25, 0.3) is 0 Å². The van der Waals surface area contributed by atoms with Crippen molar-refractivity contribution in [2.45, 2.75) is 6.54 Å². The molecule has 0 fully saturated rings. The lowest BCUT2D eigenvalue weighted by Gasteiger charge is -1.93. The highest BCUT2D eigenvalue weighted by Gasteiger charge is 2.09. The van der Waals surface area contributed by atoms with Gasteiger partial charge in [-0.1, -0.05) is 11.2 Å². The summed E-state index contributed by atoms with van der Waals surface area (Å²) in [4.78, 5) is 7.98. The molecule has 0 aliphatic carbocycles. The molecule has 2 aromatic heterocycles. The summed E-state index contributed by atoms with van der Waals surface area (Å²) in [6, 6.07) is 2.80. The van der Waals surface area contributed by atoms with Gasteiger partial charge >= 0.3 is 0 Å². The predicted octanol–water partition coefficient (Wildman–Crippen LogP) is 1.55. The SMILES string of the molecule is C=CCNCc1nc(-c2ccc(F)cn2)no1. The second kappa shape index (κ2) is 5.31. The third-order valence-electron chi connectivity index (χ3n) is 1.99. The van der Waals surface area contributed by atoms with E-state index in [2.05, 4.69) is 27.0 Å². The van der Waals surface area contributed by atoms with Crippen LogP contribution in [-0.2, 0) is 6.54 Å². The molecule has 0 aromatic carbocycles. The number of rotatable bonds is 5. The molecule has 2 heterocycles. The molecule has 5 nitrogen and oxygen atoms in total. The van der Waals surface area contributed by atoms with Gasteiger partial charge in [0.05, 0.1) is 12.7 Å². The first-order valence-electron chi connectivity index (χ1n) is 5.05. The van der Waals surface area contributed by atoms with Crippen molar-refractivity contribution >= 4 is 0 Å². The van der Waals surface area contributed by atoms with Gasteiger partial charge in [-0.05, 0) is 12.1 Å². The summed E-state index contributed by atoms with van der Waals surface area (Å²) in [6.45, 7) is 4.70. The van der Waals surface area contributed by atoms with Crippen LogP contribution in [0.3, 0.4) is 0 Å². The Bertz CT molecular complexity index is 494. The molecule has 88 valence electrons. The predicted molar refractivity (Wildman–Crippen MR) is 59.4 cm³/mol. The third kappa shape index (κ3) is 2.94.